The summed E-state index contributed by atoms with van der Waals surface area (Å²) in [7, 11) is 0. The number of amides is 1. The predicted molar refractivity (Wildman–Crippen MR) is 70.3 cm³/mol. The van der Waals surface area contributed by atoms with Crippen molar-refractivity contribution in [3.63, 3.8) is 0 Å². The average Bonchev–Trinajstić information content (AvgIpc) is 2.68. The molecule has 1 aromatic rings. The monoisotopic (exact) mass is 270 g/mol. The lowest BCUT2D eigenvalue weighted by molar-refractivity contribution is -0.155. The molecule has 6 heteroatoms. The molecule has 1 N–H and O–H groups in total. The topological polar surface area (TPSA) is 68.3 Å². The zero-order valence-corrected chi connectivity index (χ0v) is 11.8. The van der Waals surface area contributed by atoms with Crippen molar-refractivity contribution < 1.29 is 14.3 Å². The summed E-state index contributed by atoms with van der Waals surface area (Å²) >= 11 is 1.31. The van der Waals surface area contributed by atoms with Crippen molar-refractivity contribution >= 4 is 28.3 Å². The molecule has 0 fully saturated rings. The van der Waals surface area contributed by atoms with Crippen LogP contribution in [0.2, 0.25) is 0 Å². The van der Waals surface area contributed by atoms with Crippen LogP contribution in [0.5, 0.6) is 0 Å². The van der Waals surface area contributed by atoms with Crippen molar-refractivity contribution in [1.29, 1.82) is 0 Å². The molecule has 5 nitrogen and oxygen atoms in total. The molecule has 18 heavy (non-hydrogen) atoms. The average molecular weight is 270 g/mol. The van der Waals surface area contributed by atoms with E-state index in [1.807, 2.05) is 20.8 Å². The van der Waals surface area contributed by atoms with E-state index in [0.717, 1.165) is 0 Å². The van der Waals surface area contributed by atoms with Crippen LogP contribution in [0, 0.1) is 11.3 Å². The van der Waals surface area contributed by atoms with Crippen molar-refractivity contribution in [3.05, 3.63) is 11.6 Å². The fraction of sp³-hybridized carbons (Fsp3) is 0.583. The Hall–Kier alpha value is -1.43. The molecule has 1 unspecified atom stereocenters. The summed E-state index contributed by atoms with van der Waals surface area (Å²) in [4.78, 5) is 27.9. The molecule has 0 aliphatic carbocycles. The second-order valence-electron chi connectivity index (χ2n) is 4.88. The minimum atomic E-state index is -0.846. The number of carbonyl (C=O) groups excluding carboxylic acids is 2. The first-order chi connectivity index (χ1) is 8.36. The Morgan fingerprint density at radius 1 is 1.50 bits per heavy atom. The molecule has 0 saturated heterocycles. The number of rotatable bonds is 4. The summed E-state index contributed by atoms with van der Waals surface area (Å²) in [6, 6.07) is 0. The van der Waals surface area contributed by atoms with Gasteiger partial charge in [0.2, 0.25) is 5.91 Å². The molecule has 0 spiro atoms. The van der Waals surface area contributed by atoms with Gasteiger partial charge in [-0.25, -0.2) is 4.98 Å². The van der Waals surface area contributed by atoms with Gasteiger partial charge >= 0.3 is 5.97 Å². The standard InChI is InChI=1S/C12H18N2O3S/c1-5-17-10(16)8(12(2,3)4)9(15)14-11-13-6-7-18-11/h6-8H,5H2,1-4H3,(H,13,14,15). The molecule has 0 bridgehead atoms. The largest absolute Gasteiger partial charge is 0.465 e. The van der Waals surface area contributed by atoms with E-state index in [1.54, 1.807) is 18.5 Å². The SMILES string of the molecule is CCOC(=O)C(C(=O)Nc1nccs1)C(C)(C)C. The van der Waals surface area contributed by atoms with Crippen LogP contribution in [0.4, 0.5) is 5.13 Å². The van der Waals surface area contributed by atoms with E-state index in [4.69, 9.17) is 4.74 Å². The lowest BCUT2D eigenvalue weighted by Gasteiger charge is -2.27. The maximum Gasteiger partial charge on any atom is 0.319 e. The van der Waals surface area contributed by atoms with Crippen LogP contribution in [0.1, 0.15) is 27.7 Å². The molecule has 0 aliphatic rings. The second kappa shape index (κ2) is 5.95. The number of carbonyl (C=O) groups is 2. The lowest BCUT2D eigenvalue weighted by Crippen LogP contribution is -2.40. The van der Waals surface area contributed by atoms with Gasteiger partial charge in [-0.2, -0.15) is 0 Å². The van der Waals surface area contributed by atoms with E-state index in [0.29, 0.717) is 5.13 Å². The van der Waals surface area contributed by atoms with E-state index in [-0.39, 0.29) is 12.5 Å². The van der Waals surface area contributed by atoms with Gasteiger partial charge in [0.25, 0.3) is 0 Å². The fourth-order valence-corrected chi connectivity index (χ4v) is 2.07. The molecule has 1 heterocycles. The zero-order chi connectivity index (χ0) is 13.8. The van der Waals surface area contributed by atoms with Gasteiger partial charge in [0, 0.05) is 11.6 Å². The summed E-state index contributed by atoms with van der Waals surface area (Å²) in [5.41, 5.74) is -0.506. The number of anilines is 1. The fourth-order valence-electron chi connectivity index (χ4n) is 1.54. The Balaban J connectivity index is 2.83. The normalized spacial score (nSPS) is 12.9. The van der Waals surface area contributed by atoms with Gasteiger partial charge in [-0.05, 0) is 12.3 Å². The van der Waals surface area contributed by atoms with Crippen LogP contribution in [0.3, 0.4) is 0 Å². The number of hydrogen-bond acceptors (Lipinski definition) is 5. The first-order valence-corrected chi connectivity index (χ1v) is 6.61. The Morgan fingerprint density at radius 2 is 2.17 bits per heavy atom. The van der Waals surface area contributed by atoms with Gasteiger partial charge in [-0.1, -0.05) is 20.8 Å². The van der Waals surface area contributed by atoms with Gasteiger partial charge in [-0.15, -0.1) is 11.3 Å². The third-order valence-corrected chi connectivity index (χ3v) is 3.00. The molecule has 1 aromatic heterocycles. The smallest absolute Gasteiger partial charge is 0.319 e. The molecule has 1 atom stereocenters. The van der Waals surface area contributed by atoms with Gasteiger partial charge in [-0.3, -0.25) is 9.59 Å². The van der Waals surface area contributed by atoms with E-state index in [2.05, 4.69) is 10.3 Å². The lowest BCUT2D eigenvalue weighted by atomic mass is 9.80. The highest BCUT2D eigenvalue weighted by Crippen LogP contribution is 2.28. The number of hydrogen-bond donors (Lipinski definition) is 1. The summed E-state index contributed by atoms with van der Waals surface area (Å²) in [6.07, 6.45) is 1.59. The highest BCUT2D eigenvalue weighted by atomic mass is 32.1. The minimum absolute atomic E-state index is 0.260. The molecule has 1 amide bonds. The van der Waals surface area contributed by atoms with Crippen LogP contribution in [-0.2, 0) is 14.3 Å². The molecule has 0 aromatic carbocycles. The Morgan fingerprint density at radius 3 is 2.61 bits per heavy atom. The van der Waals surface area contributed by atoms with Crippen molar-refractivity contribution in [2.45, 2.75) is 27.7 Å². The molecule has 0 aliphatic heterocycles. The van der Waals surface area contributed by atoms with E-state index in [1.165, 1.54) is 11.3 Å². The van der Waals surface area contributed by atoms with Gasteiger partial charge in [0.1, 0.15) is 5.92 Å². The minimum Gasteiger partial charge on any atom is -0.465 e. The molecule has 100 valence electrons. The molecule has 0 radical (unpaired) electrons. The van der Waals surface area contributed by atoms with E-state index >= 15 is 0 Å². The van der Waals surface area contributed by atoms with Crippen molar-refractivity contribution in [2.24, 2.45) is 11.3 Å². The quantitative estimate of drug-likeness (QED) is 0.673. The number of thiazole rings is 1. The Bertz CT molecular complexity index is 409. The third kappa shape index (κ3) is 3.80. The van der Waals surface area contributed by atoms with Crippen molar-refractivity contribution in [1.82, 2.24) is 4.98 Å². The number of nitrogens with zero attached hydrogens (tertiary/aromatic N) is 1. The highest BCUT2D eigenvalue weighted by molar-refractivity contribution is 7.13. The van der Waals surface area contributed by atoms with E-state index < -0.39 is 17.3 Å². The summed E-state index contributed by atoms with van der Waals surface area (Å²) < 4.78 is 4.95. The van der Waals surface area contributed by atoms with E-state index in [9.17, 15) is 9.59 Å². The summed E-state index contributed by atoms with van der Waals surface area (Å²) in [5.74, 6) is -1.73. The van der Waals surface area contributed by atoms with Crippen LogP contribution in [0.15, 0.2) is 11.6 Å². The molecular weight excluding hydrogens is 252 g/mol. The number of nitrogens with one attached hydrogen (secondary N) is 1. The van der Waals surface area contributed by atoms with Crippen molar-refractivity contribution in [3.8, 4) is 0 Å². The first-order valence-electron chi connectivity index (χ1n) is 5.73. The first kappa shape index (κ1) is 14.6. The van der Waals surface area contributed by atoms with Crippen LogP contribution >= 0.6 is 11.3 Å². The number of aromatic nitrogens is 1. The van der Waals surface area contributed by atoms with Crippen LogP contribution in [0.25, 0.3) is 0 Å². The maximum atomic E-state index is 12.1. The van der Waals surface area contributed by atoms with Crippen LogP contribution in [-0.4, -0.2) is 23.5 Å². The Labute approximate surface area is 111 Å². The summed E-state index contributed by atoms with van der Waals surface area (Å²) in [6.45, 7) is 7.47. The number of esters is 1. The summed E-state index contributed by atoms with van der Waals surface area (Å²) in [5, 5.41) is 4.88. The van der Waals surface area contributed by atoms with Crippen molar-refractivity contribution in [2.75, 3.05) is 11.9 Å². The highest BCUT2D eigenvalue weighted by Gasteiger charge is 2.39. The van der Waals surface area contributed by atoms with Gasteiger partial charge in [0.05, 0.1) is 6.61 Å². The maximum absolute atomic E-state index is 12.1. The third-order valence-electron chi connectivity index (χ3n) is 2.31. The zero-order valence-electron chi connectivity index (χ0n) is 11.0. The van der Waals surface area contributed by atoms with Crippen LogP contribution < -0.4 is 5.32 Å². The number of ether oxygens (including phenoxy) is 1. The predicted octanol–water partition coefficient (Wildman–Crippen LogP) is 2.31. The molecule has 0 saturated carbocycles. The molecular formula is C12H18N2O3S. The van der Waals surface area contributed by atoms with Gasteiger partial charge in [0.15, 0.2) is 5.13 Å². The van der Waals surface area contributed by atoms with Gasteiger partial charge < -0.3 is 10.1 Å². The second-order valence-corrected chi connectivity index (χ2v) is 5.77. The molecule has 1 rings (SSSR count). The Kier molecular flexibility index (Phi) is 4.84.